The van der Waals surface area contributed by atoms with E-state index in [4.69, 9.17) is 4.74 Å². The van der Waals surface area contributed by atoms with Crippen LogP contribution in [0.3, 0.4) is 0 Å². The summed E-state index contributed by atoms with van der Waals surface area (Å²) in [4.78, 5) is 14.3. The third-order valence-corrected chi connectivity index (χ3v) is 3.64. The second kappa shape index (κ2) is 7.11. The van der Waals surface area contributed by atoms with Gasteiger partial charge in [0.25, 0.3) is 0 Å². The van der Waals surface area contributed by atoms with Gasteiger partial charge in [0.05, 0.1) is 19.4 Å². The van der Waals surface area contributed by atoms with Crippen molar-refractivity contribution in [3.63, 3.8) is 0 Å². The SMILES string of the molecule is Cn1cc(/C=C/C(=O)Nc2cccc(N3CCOCC3)c2)cn1. The van der Waals surface area contributed by atoms with Crippen molar-refractivity contribution >= 4 is 23.4 Å². The summed E-state index contributed by atoms with van der Waals surface area (Å²) < 4.78 is 7.06. The Bertz CT molecular complexity index is 702. The first-order valence-corrected chi connectivity index (χ1v) is 7.61. The largest absolute Gasteiger partial charge is 0.378 e. The molecule has 23 heavy (non-hydrogen) atoms. The van der Waals surface area contributed by atoms with Gasteiger partial charge in [-0.1, -0.05) is 6.07 Å². The summed E-state index contributed by atoms with van der Waals surface area (Å²) in [6, 6.07) is 7.87. The maximum atomic E-state index is 12.0. The lowest BCUT2D eigenvalue weighted by Crippen LogP contribution is -2.36. The number of aromatic nitrogens is 2. The van der Waals surface area contributed by atoms with Crippen molar-refractivity contribution in [1.82, 2.24) is 9.78 Å². The Balaban J connectivity index is 1.63. The van der Waals surface area contributed by atoms with Gasteiger partial charge in [-0.25, -0.2) is 0 Å². The van der Waals surface area contributed by atoms with Gasteiger partial charge >= 0.3 is 0 Å². The molecule has 1 aromatic heterocycles. The van der Waals surface area contributed by atoms with Crippen LogP contribution < -0.4 is 10.2 Å². The fraction of sp³-hybridized carbons (Fsp3) is 0.294. The highest BCUT2D eigenvalue weighted by Crippen LogP contribution is 2.20. The quantitative estimate of drug-likeness (QED) is 0.876. The average Bonchev–Trinajstić information content (AvgIpc) is 3.00. The maximum absolute atomic E-state index is 12.0. The van der Waals surface area contributed by atoms with E-state index in [2.05, 4.69) is 15.3 Å². The molecule has 0 bridgehead atoms. The van der Waals surface area contributed by atoms with Crippen molar-refractivity contribution < 1.29 is 9.53 Å². The highest BCUT2D eigenvalue weighted by atomic mass is 16.5. The zero-order valence-electron chi connectivity index (χ0n) is 13.1. The summed E-state index contributed by atoms with van der Waals surface area (Å²) in [6.07, 6.45) is 6.82. The number of nitrogens with zero attached hydrogens (tertiary/aromatic N) is 3. The molecule has 0 atom stereocenters. The van der Waals surface area contributed by atoms with Crippen molar-refractivity contribution in [3.8, 4) is 0 Å². The molecule has 120 valence electrons. The summed E-state index contributed by atoms with van der Waals surface area (Å²) in [5, 5.41) is 6.95. The molecule has 1 aromatic carbocycles. The van der Waals surface area contributed by atoms with Crippen LogP contribution in [0.15, 0.2) is 42.7 Å². The van der Waals surface area contributed by atoms with E-state index in [9.17, 15) is 4.79 Å². The summed E-state index contributed by atoms with van der Waals surface area (Å²) in [6.45, 7) is 3.23. The van der Waals surface area contributed by atoms with Gasteiger partial charge in [-0.15, -0.1) is 0 Å². The minimum Gasteiger partial charge on any atom is -0.378 e. The number of rotatable bonds is 4. The number of amides is 1. The molecule has 1 amide bonds. The van der Waals surface area contributed by atoms with Gasteiger partial charge in [0.2, 0.25) is 5.91 Å². The lowest BCUT2D eigenvalue weighted by molar-refractivity contribution is -0.111. The van der Waals surface area contributed by atoms with Gasteiger partial charge in [-0.2, -0.15) is 5.10 Å². The first-order valence-electron chi connectivity index (χ1n) is 7.61. The normalized spacial score (nSPS) is 15.1. The van der Waals surface area contributed by atoms with E-state index >= 15 is 0 Å². The number of carbonyl (C=O) groups excluding carboxylic acids is 1. The van der Waals surface area contributed by atoms with Crippen LogP contribution in [-0.4, -0.2) is 42.0 Å². The number of aryl methyl sites for hydroxylation is 1. The van der Waals surface area contributed by atoms with Gasteiger partial charge < -0.3 is 15.0 Å². The number of anilines is 2. The zero-order valence-corrected chi connectivity index (χ0v) is 13.1. The molecule has 1 fully saturated rings. The van der Waals surface area contributed by atoms with Crippen molar-refractivity contribution in [2.24, 2.45) is 7.05 Å². The fourth-order valence-electron chi connectivity index (χ4n) is 2.48. The zero-order chi connectivity index (χ0) is 16.1. The molecule has 2 heterocycles. The Kier molecular flexibility index (Phi) is 4.73. The van der Waals surface area contributed by atoms with Crippen LogP contribution in [0.4, 0.5) is 11.4 Å². The summed E-state index contributed by atoms with van der Waals surface area (Å²) in [5.74, 6) is -0.159. The van der Waals surface area contributed by atoms with Crippen molar-refractivity contribution in [2.45, 2.75) is 0 Å². The highest BCUT2D eigenvalue weighted by Gasteiger charge is 2.11. The Morgan fingerprint density at radius 2 is 2.17 bits per heavy atom. The number of benzene rings is 1. The number of hydrogen-bond donors (Lipinski definition) is 1. The van der Waals surface area contributed by atoms with Gasteiger partial charge in [0.15, 0.2) is 0 Å². The summed E-state index contributed by atoms with van der Waals surface area (Å²) in [7, 11) is 1.84. The van der Waals surface area contributed by atoms with E-state index in [1.54, 1.807) is 17.0 Å². The van der Waals surface area contributed by atoms with Crippen molar-refractivity contribution in [1.29, 1.82) is 0 Å². The number of nitrogens with one attached hydrogen (secondary N) is 1. The lowest BCUT2D eigenvalue weighted by atomic mass is 10.2. The van der Waals surface area contributed by atoms with Crippen LogP contribution in [0.1, 0.15) is 5.56 Å². The monoisotopic (exact) mass is 312 g/mol. The molecule has 0 unspecified atom stereocenters. The molecule has 0 spiro atoms. The molecule has 0 radical (unpaired) electrons. The molecule has 1 aliphatic rings. The molecule has 1 saturated heterocycles. The second-order valence-corrected chi connectivity index (χ2v) is 5.42. The number of hydrogen-bond acceptors (Lipinski definition) is 4. The third kappa shape index (κ3) is 4.20. The summed E-state index contributed by atoms with van der Waals surface area (Å²) >= 11 is 0. The van der Waals surface area contributed by atoms with Gasteiger partial charge in [-0.3, -0.25) is 9.48 Å². The first-order chi connectivity index (χ1) is 11.2. The molecular weight excluding hydrogens is 292 g/mol. The average molecular weight is 312 g/mol. The van der Waals surface area contributed by atoms with Crippen LogP contribution >= 0.6 is 0 Å². The Labute approximate surface area is 135 Å². The minimum atomic E-state index is -0.159. The van der Waals surface area contributed by atoms with Crippen molar-refractivity contribution in [3.05, 3.63) is 48.3 Å². The highest BCUT2D eigenvalue weighted by molar-refractivity contribution is 6.02. The smallest absolute Gasteiger partial charge is 0.248 e. The van der Waals surface area contributed by atoms with Crippen LogP contribution in [0.2, 0.25) is 0 Å². The van der Waals surface area contributed by atoms with E-state index in [0.29, 0.717) is 0 Å². The molecule has 6 heteroatoms. The van der Waals surface area contributed by atoms with E-state index < -0.39 is 0 Å². The van der Waals surface area contributed by atoms with Crippen LogP contribution in [0, 0.1) is 0 Å². The first kappa shape index (κ1) is 15.3. The number of carbonyl (C=O) groups is 1. The van der Waals surface area contributed by atoms with E-state index in [0.717, 1.165) is 43.2 Å². The maximum Gasteiger partial charge on any atom is 0.248 e. The Morgan fingerprint density at radius 1 is 1.35 bits per heavy atom. The topological polar surface area (TPSA) is 59.4 Å². The molecule has 1 aliphatic heterocycles. The van der Waals surface area contributed by atoms with Crippen LogP contribution in [-0.2, 0) is 16.6 Å². The predicted molar refractivity (Wildman–Crippen MR) is 90.3 cm³/mol. The number of morpholine rings is 1. The standard InChI is InChI=1S/C17H20N4O2/c1-20-13-14(12-18-20)5-6-17(22)19-15-3-2-4-16(11-15)21-7-9-23-10-8-21/h2-6,11-13H,7-10H2,1H3,(H,19,22)/b6-5+. The Hall–Kier alpha value is -2.60. The van der Waals surface area contributed by atoms with E-state index in [1.165, 1.54) is 6.08 Å². The van der Waals surface area contributed by atoms with Crippen molar-refractivity contribution in [2.75, 3.05) is 36.5 Å². The minimum absolute atomic E-state index is 0.159. The fourth-order valence-corrected chi connectivity index (χ4v) is 2.48. The van der Waals surface area contributed by atoms with Gasteiger partial charge in [0.1, 0.15) is 0 Å². The second-order valence-electron chi connectivity index (χ2n) is 5.42. The third-order valence-electron chi connectivity index (χ3n) is 3.64. The number of ether oxygens (including phenoxy) is 1. The van der Waals surface area contributed by atoms with Gasteiger partial charge in [0, 0.05) is 49.3 Å². The summed E-state index contributed by atoms with van der Waals surface area (Å²) in [5.41, 5.74) is 2.78. The lowest BCUT2D eigenvalue weighted by Gasteiger charge is -2.29. The molecular formula is C17H20N4O2. The van der Waals surface area contributed by atoms with E-state index in [1.807, 2.05) is 37.5 Å². The predicted octanol–water partition coefficient (Wildman–Crippen LogP) is 1.91. The van der Waals surface area contributed by atoms with Crippen LogP contribution in [0.25, 0.3) is 6.08 Å². The molecule has 0 saturated carbocycles. The van der Waals surface area contributed by atoms with Gasteiger partial charge in [-0.05, 0) is 24.3 Å². The molecule has 6 nitrogen and oxygen atoms in total. The molecule has 1 N–H and O–H groups in total. The molecule has 3 rings (SSSR count). The molecule has 0 aliphatic carbocycles. The van der Waals surface area contributed by atoms with Crippen LogP contribution in [0.5, 0.6) is 0 Å². The Morgan fingerprint density at radius 3 is 2.91 bits per heavy atom. The molecule has 2 aromatic rings. The van der Waals surface area contributed by atoms with E-state index in [-0.39, 0.29) is 5.91 Å².